The van der Waals surface area contributed by atoms with Crippen LogP contribution in [0.3, 0.4) is 0 Å². The largest absolute Gasteiger partial charge is 0.388 e. The second-order valence-electron chi connectivity index (χ2n) is 4.96. The standard InChI is InChI=1S/C12H23NO3/c14-12(4-8-16-9-5-12)10-13-11-2-1-6-15-7-3-11/h11,13-14H,1-10H2. The minimum Gasteiger partial charge on any atom is -0.388 e. The lowest BCUT2D eigenvalue weighted by Gasteiger charge is -2.33. The lowest BCUT2D eigenvalue weighted by molar-refractivity contribution is -0.0629. The molecule has 2 fully saturated rings. The molecule has 0 bridgehead atoms. The lowest BCUT2D eigenvalue weighted by Crippen LogP contribution is -2.47. The minimum absolute atomic E-state index is 0.509. The van der Waals surface area contributed by atoms with Gasteiger partial charge in [-0.05, 0) is 19.3 Å². The van der Waals surface area contributed by atoms with Gasteiger partial charge in [-0.25, -0.2) is 0 Å². The molecule has 16 heavy (non-hydrogen) atoms. The van der Waals surface area contributed by atoms with Crippen LogP contribution in [-0.2, 0) is 9.47 Å². The van der Waals surface area contributed by atoms with Crippen molar-refractivity contribution >= 4 is 0 Å². The molecule has 0 radical (unpaired) electrons. The Balaban J connectivity index is 1.72. The second-order valence-corrected chi connectivity index (χ2v) is 4.96. The summed E-state index contributed by atoms with van der Waals surface area (Å²) in [5.74, 6) is 0. The molecule has 2 aliphatic rings. The van der Waals surface area contributed by atoms with Gasteiger partial charge < -0.3 is 19.9 Å². The zero-order valence-electron chi connectivity index (χ0n) is 9.91. The molecule has 4 heteroatoms. The van der Waals surface area contributed by atoms with Crippen LogP contribution in [0.2, 0.25) is 0 Å². The zero-order chi connectivity index (χ0) is 11.3. The van der Waals surface area contributed by atoms with Gasteiger partial charge >= 0.3 is 0 Å². The maximum absolute atomic E-state index is 10.3. The first-order chi connectivity index (χ1) is 7.79. The molecule has 2 aliphatic heterocycles. The van der Waals surface area contributed by atoms with Gasteiger partial charge in [-0.15, -0.1) is 0 Å². The Morgan fingerprint density at radius 2 is 1.81 bits per heavy atom. The second kappa shape index (κ2) is 5.96. The highest BCUT2D eigenvalue weighted by atomic mass is 16.5. The monoisotopic (exact) mass is 229 g/mol. The Kier molecular flexibility index (Phi) is 4.58. The number of hydrogen-bond acceptors (Lipinski definition) is 4. The fourth-order valence-corrected chi connectivity index (χ4v) is 2.37. The summed E-state index contributed by atoms with van der Waals surface area (Å²) in [6.45, 7) is 3.80. The van der Waals surface area contributed by atoms with Crippen molar-refractivity contribution in [3.8, 4) is 0 Å². The van der Waals surface area contributed by atoms with Crippen LogP contribution in [0.5, 0.6) is 0 Å². The first kappa shape index (κ1) is 12.3. The van der Waals surface area contributed by atoms with Crippen molar-refractivity contribution in [2.24, 2.45) is 0 Å². The highest BCUT2D eigenvalue weighted by Crippen LogP contribution is 2.20. The average Bonchev–Trinajstić information content (AvgIpc) is 2.56. The molecule has 2 N–H and O–H groups in total. The first-order valence-corrected chi connectivity index (χ1v) is 6.40. The van der Waals surface area contributed by atoms with Crippen LogP contribution in [-0.4, -0.2) is 49.7 Å². The molecule has 2 saturated heterocycles. The van der Waals surface area contributed by atoms with E-state index in [0.717, 1.165) is 45.3 Å². The third-order valence-electron chi connectivity index (χ3n) is 3.60. The van der Waals surface area contributed by atoms with Gasteiger partial charge in [0.05, 0.1) is 5.60 Å². The Bertz CT molecular complexity index is 196. The minimum atomic E-state index is -0.550. The van der Waals surface area contributed by atoms with Crippen LogP contribution < -0.4 is 5.32 Å². The zero-order valence-corrected chi connectivity index (χ0v) is 9.91. The molecular formula is C12H23NO3. The van der Waals surface area contributed by atoms with Crippen LogP contribution in [0.1, 0.15) is 32.1 Å². The molecule has 0 spiro atoms. The highest BCUT2D eigenvalue weighted by Gasteiger charge is 2.30. The van der Waals surface area contributed by atoms with Crippen LogP contribution >= 0.6 is 0 Å². The van der Waals surface area contributed by atoms with E-state index in [-0.39, 0.29) is 0 Å². The Labute approximate surface area is 97.3 Å². The first-order valence-electron chi connectivity index (χ1n) is 6.40. The molecule has 94 valence electrons. The molecule has 1 unspecified atom stereocenters. The summed E-state index contributed by atoms with van der Waals surface area (Å²) in [7, 11) is 0. The predicted molar refractivity (Wildman–Crippen MR) is 61.5 cm³/mol. The molecule has 2 heterocycles. The van der Waals surface area contributed by atoms with Gasteiger partial charge in [-0.1, -0.05) is 0 Å². The summed E-state index contributed by atoms with van der Waals surface area (Å²) in [6.07, 6.45) is 4.85. The van der Waals surface area contributed by atoms with E-state index >= 15 is 0 Å². The lowest BCUT2D eigenvalue weighted by atomic mass is 9.94. The molecule has 0 aromatic rings. The van der Waals surface area contributed by atoms with Crippen molar-refractivity contribution in [1.29, 1.82) is 0 Å². The maximum atomic E-state index is 10.3. The molecule has 0 saturated carbocycles. The van der Waals surface area contributed by atoms with Crippen molar-refractivity contribution < 1.29 is 14.6 Å². The average molecular weight is 229 g/mol. The van der Waals surface area contributed by atoms with E-state index in [1.54, 1.807) is 0 Å². The predicted octanol–water partition coefficient (Wildman–Crippen LogP) is 0.687. The van der Waals surface area contributed by atoms with E-state index in [1.165, 1.54) is 0 Å². The Hall–Kier alpha value is -0.160. The normalized spacial score (nSPS) is 30.9. The van der Waals surface area contributed by atoms with Crippen molar-refractivity contribution in [3.05, 3.63) is 0 Å². The SMILES string of the molecule is OC1(CNC2CCCOCC2)CCOCC1. The van der Waals surface area contributed by atoms with Crippen LogP contribution in [0.25, 0.3) is 0 Å². The maximum Gasteiger partial charge on any atom is 0.0815 e. The molecule has 0 aromatic heterocycles. The number of ether oxygens (including phenoxy) is 2. The van der Waals surface area contributed by atoms with E-state index in [9.17, 15) is 5.11 Å². The third-order valence-corrected chi connectivity index (χ3v) is 3.60. The van der Waals surface area contributed by atoms with Crippen LogP contribution in [0.4, 0.5) is 0 Å². The van der Waals surface area contributed by atoms with Crippen molar-refractivity contribution in [3.63, 3.8) is 0 Å². The van der Waals surface area contributed by atoms with Gasteiger partial charge in [0.1, 0.15) is 0 Å². The highest BCUT2D eigenvalue weighted by molar-refractivity contribution is 4.85. The number of nitrogens with one attached hydrogen (secondary N) is 1. The molecule has 0 aromatic carbocycles. The molecule has 4 nitrogen and oxygen atoms in total. The van der Waals surface area contributed by atoms with Gasteiger partial charge in [0.25, 0.3) is 0 Å². The fraction of sp³-hybridized carbons (Fsp3) is 1.00. The summed E-state index contributed by atoms with van der Waals surface area (Å²) in [5.41, 5.74) is -0.550. The topological polar surface area (TPSA) is 50.7 Å². The van der Waals surface area contributed by atoms with Gasteiger partial charge in [0.2, 0.25) is 0 Å². The van der Waals surface area contributed by atoms with E-state index in [0.29, 0.717) is 25.8 Å². The molecule has 0 aliphatic carbocycles. The van der Waals surface area contributed by atoms with Gasteiger partial charge in [-0.3, -0.25) is 0 Å². The number of hydrogen-bond donors (Lipinski definition) is 2. The van der Waals surface area contributed by atoms with Gasteiger partial charge in [0.15, 0.2) is 0 Å². The Morgan fingerprint density at radius 1 is 1.06 bits per heavy atom. The molecule has 2 rings (SSSR count). The van der Waals surface area contributed by atoms with Crippen molar-refractivity contribution in [2.75, 3.05) is 33.0 Å². The molecule has 0 amide bonds. The summed E-state index contributed by atoms with van der Waals surface area (Å²) in [6, 6.07) is 0.509. The summed E-state index contributed by atoms with van der Waals surface area (Å²) in [5, 5.41) is 13.8. The number of rotatable bonds is 3. The quantitative estimate of drug-likeness (QED) is 0.747. The van der Waals surface area contributed by atoms with E-state index in [4.69, 9.17) is 9.47 Å². The van der Waals surface area contributed by atoms with E-state index < -0.39 is 5.60 Å². The van der Waals surface area contributed by atoms with Crippen LogP contribution in [0.15, 0.2) is 0 Å². The van der Waals surface area contributed by atoms with Gasteiger partial charge in [0, 0.05) is 51.9 Å². The molecular weight excluding hydrogens is 206 g/mol. The van der Waals surface area contributed by atoms with E-state index in [1.807, 2.05) is 0 Å². The summed E-state index contributed by atoms with van der Waals surface area (Å²) >= 11 is 0. The third kappa shape index (κ3) is 3.70. The van der Waals surface area contributed by atoms with E-state index in [2.05, 4.69) is 5.32 Å². The summed E-state index contributed by atoms with van der Waals surface area (Å²) < 4.78 is 10.7. The van der Waals surface area contributed by atoms with Crippen molar-refractivity contribution in [2.45, 2.75) is 43.7 Å². The fourth-order valence-electron chi connectivity index (χ4n) is 2.37. The van der Waals surface area contributed by atoms with Crippen LogP contribution in [0, 0.1) is 0 Å². The number of aliphatic hydroxyl groups is 1. The summed E-state index contributed by atoms with van der Waals surface area (Å²) in [4.78, 5) is 0. The van der Waals surface area contributed by atoms with Crippen molar-refractivity contribution in [1.82, 2.24) is 5.32 Å². The smallest absolute Gasteiger partial charge is 0.0815 e. The van der Waals surface area contributed by atoms with Gasteiger partial charge in [-0.2, -0.15) is 0 Å². The Morgan fingerprint density at radius 3 is 2.62 bits per heavy atom. The molecule has 1 atom stereocenters.